The van der Waals surface area contributed by atoms with Crippen LogP contribution in [0.2, 0.25) is 0 Å². The molecule has 0 aliphatic carbocycles. The minimum absolute atomic E-state index is 0.0916. The smallest absolute Gasteiger partial charge is 0.319 e. The number of hydrogen-bond donors (Lipinski definition) is 3. The molecule has 1 aromatic carbocycles. The number of aromatic amines is 1. The molecule has 9 nitrogen and oxygen atoms in total. The Morgan fingerprint density at radius 3 is 3.07 bits per heavy atom. The molecule has 0 bridgehead atoms. The highest BCUT2D eigenvalue weighted by molar-refractivity contribution is 5.94. The van der Waals surface area contributed by atoms with E-state index >= 15 is 0 Å². The number of carbonyl (C=O) groups is 1. The molecule has 1 atom stereocenters. The monoisotopic (exact) mass is 370 g/mol. The average Bonchev–Trinajstić information content (AvgIpc) is 3.39. The van der Waals surface area contributed by atoms with Crippen molar-refractivity contribution in [1.29, 1.82) is 0 Å². The molecule has 1 aliphatic rings. The van der Waals surface area contributed by atoms with Gasteiger partial charge in [-0.3, -0.25) is 0 Å². The predicted molar refractivity (Wildman–Crippen MR) is 98.5 cm³/mol. The van der Waals surface area contributed by atoms with Crippen molar-refractivity contribution in [3.63, 3.8) is 0 Å². The third kappa shape index (κ3) is 3.63. The van der Waals surface area contributed by atoms with E-state index in [4.69, 9.17) is 9.26 Å². The molecule has 2 amide bonds. The Bertz CT molecular complexity index is 957. The van der Waals surface area contributed by atoms with Crippen LogP contribution in [0.25, 0.3) is 11.0 Å². The quantitative estimate of drug-likeness (QED) is 0.635. The molecule has 0 spiro atoms. The lowest BCUT2D eigenvalue weighted by atomic mass is 10.1. The van der Waals surface area contributed by atoms with E-state index < -0.39 is 0 Å². The highest BCUT2D eigenvalue weighted by atomic mass is 16.5. The fourth-order valence-corrected chi connectivity index (χ4v) is 3.20. The minimum Gasteiger partial charge on any atom is -0.368 e. The summed E-state index contributed by atoms with van der Waals surface area (Å²) < 4.78 is 10.8. The number of rotatable bonds is 5. The molecule has 4 rings (SSSR count). The van der Waals surface area contributed by atoms with E-state index in [2.05, 4.69) is 30.7 Å². The first-order valence-electron chi connectivity index (χ1n) is 9.04. The van der Waals surface area contributed by atoms with Gasteiger partial charge < -0.3 is 24.9 Å². The van der Waals surface area contributed by atoms with Gasteiger partial charge in [0, 0.05) is 25.3 Å². The third-order valence-electron chi connectivity index (χ3n) is 4.85. The number of urea groups is 1. The molecule has 27 heavy (non-hydrogen) atoms. The van der Waals surface area contributed by atoms with Gasteiger partial charge in [-0.2, -0.15) is 4.98 Å². The van der Waals surface area contributed by atoms with Gasteiger partial charge in [0.05, 0.1) is 17.4 Å². The highest BCUT2D eigenvalue weighted by Gasteiger charge is 2.23. The summed E-state index contributed by atoms with van der Waals surface area (Å²) in [7, 11) is 0. The molecule has 1 aliphatic heterocycles. The van der Waals surface area contributed by atoms with Crippen LogP contribution < -0.4 is 10.6 Å². The predicted octanol–water partition coefficient (Wildman–Crippen LogP) is 2.78. The molecule has 1 saturated heterocycles. The van der Waals surface area contributed by atoms with Crippen molar-refractivity contribution < 1.29 is 14.1 Å². The van der Waals surface area contributed by atoms with Gasteiger partial charge in [0.2, 0.25) is 0 Å². The third-order valence-corrected chi connectivity index (χ3v) is 4.85. The molecule has 3 heterocycles. The number of imidazole rings is 1. The number of nitrogens with one attached hydrogen (secondary N) is 3. The first-order chi connectivity index (χ1) is 13.1. The summed E-state index contributed by atoms with van der Waals surface area (Å²) >= 11 is 0. The summed E-state index contributed by atoms with van der Waals surface area (Å²) in [4.78, 5) is 23.9. The van der Waals surface area contributed by atoms with Gasteiger partial charge in [0.25, 0.3) is 5.89 Å². The van der Waals surface area contributed by atoms with Crippen LogP contribution in [0, 0.1) is 13.8 Å². The Morgan fingerprint density at radius 1 is 1.37 bits per heavy atom. The van der Waals surface area contributed by atoms with Crippen LogP contribution in [0.1, 0.15) is 41.8 Å². The summed E-state index contributed by atoms with van der Waals surface area (Å²) in [5.41, 5.74) is 4.59. The van der Waals surface area contributed by atoms with Crippen molar-refractivity contribution in [3.05, 3.63) is 35.2 Å². The molecule has 1 unspecified atom stereocenters. The van der Waals surface area contributed by atoms with E-state index in [1.165, 1.54) is 0 Å². The maximum atomic E-state index is 12.2. The fourth-order valence-electron chi connectivity index (χ4n) is 3.20. The van der Waals surface area contributed by atoms with Gasteiger partial charge in [-0.25, -0.2) is 9.78 Å². The standard InChI is InChI=1S/C18H22N6O3/c1-10-11(2)16-13(20-9-21-16)8-12(10)22-18(25)19-6-5-15-23-17(27-24-15)14-4-3-7-26-14/h8-9,14H,3-7H2,1-2H3,(H,20,21)(H2,19,22,25). The van der Waals surface area contributed by atoms with Gasteiger partial charge >= 0.3 is 6.03 Å². The summed E-state index contributed by atoms with van der Waals surface area (Å²) in [6.07, 6.45) is 3.96. The van der Waals surface area contributed by atoms with E-state index in [9.17, 15) is 4.79 Å². The van der Waals surface area contributed by atoms with Crippen LogP contribution in [0.15, 0.2) is 16.9 Å². The number of carbonyl (C=O) groups excluding carboxylic acids is 1. The van der Waals surface area contributed by atoms with Crippen molar-refractivity contribution in [2.45, 2.75) is 39.2 Å². The van der Waals surface area contributed by atoms with Crippen LogP contribution in [0.4, 0.5) is 10.5 Å². The number of H-pyrrole nitrogens is 1. The van der Waals surface area contributed by atoms with Crippen LogP contribution in [-0.2, 0) is 11.2 Å². The highest BCUT2D eigenvalue weighted by Crippen LogP contribution is 2.27. The number of benzene rings is 1. The number of nitrogens with zero attached hydrogens (tertiary/aromatic N) is 3. The Kier molecular flexibility index (Phi) is 4.76. The van der Waals surface area contributed by atoms with E-state index in [0.717, 1.165) is 47.3 Å². The molecule has 3 aromatic rings. The van der Waals surface area contributed by atoms with E-state index in [1.54, 1.807) is 6.33 Å². The lowest BCUT2D eigenvalue weighted by Crippen LogP contribution is -2.31. The van der Waals surface area contributed by atoms with Gasteiger partial charge in [-0.05, 0) is 43.9 Å². The lowest BCUT2D eigenvalue weighted by Gasteiger charge is -2.12. The number of amides is 2. The molecular weight excluding hydrogens is 348 g/mol. The van der Waals surface area contributed by atoms with Crippen LogP contribution >= 0.6 is 0 Å². The second-order valence-corrected chi connectivity index (χ2v) is 6.65. The SMILES string of the molecule is Cc1c(NC(=O)NCCc2noc(C3CCCO3)n2)cc2[nH]cnc2c1C. The molecule has 9 heteroatoms. The average molecular weight is 370 g/mol. The molecule has 2 aromatic heterocycles. The molecule has 0 saturated carbocycles. The second-order valence-electron chi connectivity index (χ2n) is 6.65. The summed E-state index contributed by atoms with van der Waals surface area (Å²) in [6.45, 7) is 5.09. The first kappa shape index (κ1) is 17.5. The second kappa shape index (κ2) is 7.36. The van der Waals surface area contributed by atoms with Gasteiger partial charge in [0.1, 0.15) is 6.10 Å². The van der Waals surface area contributed by atoms with Gasteiger partial charge in [-0.15, -0.1) is 0 Å². The molecule has 0 radical (unpaired) electrons. The Hall–Kier alpha value is -2.94. The number of aromatic nitrogens is 4. The summed E-state index contributed by atoms with van der Waals surface area (Å²) in [5, 5.41) is 9.65. The number of hydrogen-bond acceptors (Lipinski definition) is 6. The zero-order valence-corrected chi connectivity index (χ0v) is 15.3. The maximum Gasteiger partial charge on any atom is 0.319 e. The number of ether oxygens (including phenoxy) is 1. The largest absolute Gasteiger partial charge is 0.368 e. The van der Waals surface area contributed by atoms with Crippen molar-refractivity contribution in [3.8, 4) is 0 Å². The van der Waals surface area contributed by atoms with Crippen molar-refractivity contribution in [2.24, 2.45) is 0 Å². The maximum absolute atomic E-state index is 12.2. The van der Waals surface area contributed by atoms with Gasteiger partial charge in [0.15, 0.2) is 5.82 Å². The Balaban J connectivity index is 1.32. The van der Waals surface area contributed by atoms with E-state index in [1.807, 2.05) is 19.9 Å². The number of fused-ring (bicyclic) bond motifs is 1. The van der Waals surface area contributed by atoms with Crippen LogP contribution in [0.5, 0.6) is 0 Å². The van der Waals surface area contributed by atoms with Crippen LogP contribution in [0.3, 0.4) is 0 Å². The van der Waals surface area contributed by atoms with Crippen molar-refractivity contribution >= 4 is 22.8 Å². The number of aryl methyl sites for hydroxylation is 1. The zero-order valence-electron chi connectivity index (χ0n) is 15.3. The first-order valence-corrected chi connectivity index (χ1v) is 9.04. The van der Waals surface area contributed by atoms with Crippen molar-refractivity contribution in [1.82, 2.24) is 25.4 Å². The Morgan fingerprint density at radius 2 is 2.26 bits per heavy atom. The van der Waals surface area contributed by atoms with E-state index in [-0.39, 0.29) is 12.1 Å². The van der Waals surface area contributed by atoms with Crippen molar-refractivity contribution in [2.75, 3.05) is 18.5 Å². The molecule has 1 fully saturated rings. The van der Waals surface area contributed by atoms with E-state index in [0.29, 0.717) is 24.7 Å². The molecule has 142 valence electrons. The summed E-state index contributed by atoms with van der Waals surface area (Å²) in [6, 6.07) is 1.61. The minimum atomic E-state index is -0.279. The fraction of sp³-hybridized carbons (Fsp3) is 0.444. The van der Waals surface area contributed by atoms with Gasteiger partial charge in [-0.1, -0.05) is 5.16 Å². The summed E-state index contributed by atoms with van der Waals surface area (Å²) in [5.74, 6) is 1.08. The Labute approximate surface area is 155 Å². The normalized spacial score (nSPS) is 16.7. The molecule has 3 N–H and O–H groups in total. The number of anilines is 1. The topological polar surface area (TPSA) is 118 Å². The zero-order chi connectivity index (χ0) is 18.8. The lowest BCUT2D eigenvalue weighted by molar-refractivity contribution is 0.0835. The molecular formula is C18H22N6O3. The van der Waals surface area contributed by atoms with Crippen LogP contribution in [-0.4, -0.2) is 39.3 Å².